The molecule has 0 radical (unpaired) electrons. The molecule has 0 saturated heterocycles. The molecular weight excluding hydrogens is 513 g/mol. The minimum atomic E-state index is -3.50. The van der Waals surface area contributed by atoms with Gasteiger partial charge in [0.05, 0.1) is 5.56 Å². The molecule has 0 aliphatic carbocycles. The fourth-order valence-electron chi connectivity index (χ4n) is 3.26. The Morgan fingerprint density at radius 3 is 2.18 bits per heavy atom. The number of carbonyl (C=O) groups excluding carboxylic acids is 1. The first-order valence-corrected chi connectivity index (χ1v) is 12.6. The molecule has 6 nitrogen and oxygen atoms in total. The van der Waals surface area contributed by atoms with E-state index in [0.29, 0.717) is 24.0 Å². The molecule has 2 aromatic carbocycles. The Balaban J connectivity index is 0.00000118. The standard InChI is InChI=1S/C25H27F2O6P.C4H8/c1-6-15-7-10-18(21(11-15)33-25(26,27)34)19-12-16-8-9-17(13-20(16)31-22(19)29)32-24(4,5)23(2,3)30-14-28;1-4(2)3/h7-14H,6,34H2,1-5H3;1H2,2-3H3. The van der Waals surface area contributed by atoms with E-state index in [9.17, 15) is 18.4 Å². The molecule has 0 N–H and O–H groups in total. The van der Waals surface area contributed by atoms with E-state index >= 15 is 0 Å². The predicted molar refractivity (Wildman–Crippen MR) is 149 cm³/mol. The molecule has 1 heterocycles. The molecule has 0 spiro atoms. The summed E-state index contributed by atoms with van der Waals surface area (Å²) in [7, 11) is 1.33. The highest BCUT2D eigenvalue weighted by Gasteiger charge is 2.41. The molecular formula is C29H35F2O6P. The lowest BCUT2D eigenvalue weighted by Gasteiger charge is -2.39. The Labute approximate surface area is 224 Å². The lowest BCUT2D eigenvalue weighted by Crippen LogP contribution is -2.51. The van der Waals surface area contributed by atoms with Crippen LogP contribution in [0.5, 0.6) is 11.5 Å². The molecule has 0 aliphatic rings. The van der Waals surface area contributed by atoms with Crippen molar-refractivity contribution in [3.05, 3.63) is 70.6 Å². The van der Waals surface area contributed by atoms with E-state index in [-0.39, 0.29) is 22.5 Å². The Hall–Kier alpha value is -3.25. The predicted octanol–water partition coefficient (Wildman–Crippen LogP) is 7.52. The Morgan fingerprint density at radius 1 is 1.00 bits per heavy atom. The van der Waals surface area contributed by atoms with Crippen LogP contribution in [0.15, 0.2) is 63.8 Å². The molecule has 1 unspecified atom stereocenters. The van der Waals surface area contributed by atoms with Crippen LogP contribution in [0.2, 0.25) is 0 Å². The van der Waals surface area contributed by atoms with Gasteiger partial charge >= 0.3 is 11.5 Å². The van der Waals surface area contributed by atoms with Crippen molar-refractivity contribution in [2.45, 2.75) is 71.9 Å². The minimum Gasteiger partial charge on any atom is -0.484 e. The number of halogens is 2. The van der Waals surface area contributed by atoms with E-state index < -0.39 is 22.7 Å². The van der Waals surface area contributed by atoms with Crippen molar-refractivity contribution in [3.63, 3.8) is 0 Å². The molecule has 38 heavy (non-hydrogen) atoms. The average molecular weight is 549 g/mol. The summed E-state index contributed by atoms with van der Waals surface area (Å²) in [5.74, 6) is -3.22. The van der Waals surface area contributed by atoms with Gasteiger partial charge in [0.1, 0.15) is 28.3 Å². The van der Waals surface area contributed by atoms with Crippen molar-refractivity contribution >= 4 is 26.7 Å². The van der Waals surface area contributed by atoms with Gasteiger partial charge in [-0.3, -0.25) is 4.79 Å². The van der Waals surface area contributed by atoms with Crippen LogP contribution < -0.4 is 15.1 Å². The van der Waals surface area contributed by atoms with Crippen LogP contribution in [0.4, 0.5) is 8.78 Å². The summed E-state index contributed by atoms with van der Waals surface area (Å²) < 4.78 is 48.7. The number of rotatable bonds is 9. The first-order valence-electron chi connectivity index (χ1n) is 12.0. The van der Waals surface area contributed by atoms with Crippen molar-refractivity contribution in [1.29, 1.82) is 0 Å². The maximum Gasteiger partial charge on any atom is 0.408 e. The summed E-state index contributed by atoms with van der Waals surface area (Å²) in [6, 6.07) is 11.3. The van der Waals surface area contributed by atoms with Crippen LogP contribution >= 0.6 is 9.24 Å². The van der Waals surface area contributed by atoms with Crippen LogP contribution in [0.3, 0.4) is 0 Å². The summed E-state index contributed by atoms with van der Waals surface area (Å²) >= 11 is 0. The quantitative estimate of drug-likeness (QED) is 0.119. The third kappa shape index (κ3) is 8.12. The second-order valence-corrected chi connectivity index (χ2v) is 10.7. The van der Waals surface area contributed by atoms with Gasteiger partial charge in [0, 0.05) is 17.0 Å². The fourth-order valence-corrected chi connectivity index (χ4v) is 3.39. The van der Waals surface area contributed by atoms with E-state index in [1.165, 1.54) is 20.9 Å². The molecule has 9 heteroatoms. The van der Waals surface area contributed by atoms with Crippen LogP contribution in [-0.2, 0) is 16.0 Å². The van der Waals surface area contributed by atoms with Crippen molar-refractivity contribution in [3.8, 4) is 22.6 Å². The molecule has 0 aliphatic heterocycles. The molecule has 206 valence electrons. The lowest BCUT2D eigenvalue weighted by molar-refractivity contribution is -0.161. The summed E-state index contributed by atoms with van der Waals surface area (Å²) in [5, 5.41) is 0.561. The van der Waals surface area contributed by atoms with Crippen molar-refractivity contribution in [2.75, 3.05) is 0 Å². The third-order valence-corrected chi connectivity index (χ3v) is 5.98. The van der Waals surface area contributed by atoms with Crippen LogP contribution in [-0.4, -0.2) is 23.5 Å². The molecule has 0 bridgehead atoms. The summed E-state index contributed by atoms with van der Waals surface area (Å²) in [5.41, 5.74) is -0.0647. The van der Waals surface area contributed by atoms with Gasteiger partial charge in [0.25, 0.3) is 6.47 Å². The largest absolute Gasteiger partial charge is 0.484 e. The van der Waals surface area contributed by atoms with Crippen LogP contribution in [0.25, 0.3) is 22.1 Å². The number of ether oxygens (including phenoxy) is 3. The van der Waals surface area contributed by atoms with Crippen LogP contribution in [0.1, 0.15) is 54.0 Å². The topological polar surface area (TPSA) is 75.0 Å². The van der Waals surface area contributed by atoms with Crippen LogP contribution in [0, 0.1) is 0 Å². The second kappa shape index (κ2) is 12.1. The zero-order valence-corrected chi connectivity index (χ0v) is 24.0. The molecule has 0 saturated carbocycles. The molecule has 3 aromatic rings. The van der Waals surface area contributed by atoms with Gasteiger partial charge in [0.2, 0.25) is 0 Å². The minimum absolute atomic E-state index is 0.0916. The molecule has 1 aromatic heterocycles. The number of allylic oxidation sites excluding steroid dienone is 1. The third-order valence-electron chi connectivity index (χ3n) is 5.86. The molecule has 3 rings (SSSR count). The van der Waals surface area contributed by atoms with Gasteiger partial charge < -0.3 is 18.6 Å². The Morgan fingerprint density at radius 2 is 1.63 bits per heavy atom. The lowest BCUT2D eigenvalue weighted by atomic mass is 9.89. The van der Waals surface area contributed by atoms with E-state index in [1.807, 2.05) is 20.8 Å². The highest BCUT2D eigenvalue weighted by molar-refractivity contribution is 7.17. The number of hydrogen-bond donors (Lipinski definition) is 0. The number of hydrogen-bond acceptors (Lipinski definition) is 6. The van der Waals surface area contributed by atoms with E-state index in [0.717, 1.165) is 5.56 Å². The highest BCUT2D eigenvalue weighted by Crippen LogP contribution is 2.37. The summed E-state index contributed by atoms with van der Waals surface area (Å²) in [6.07, 6.45) is 0.610. The number of benzene rings is 2. The molecule has 1 atom stereocenters. The zero-order chi connectivity index (χ0) is 28.9. The second-order valence-electron chi connectivity index (χ2n) is 10.0. The van der Waals surface area contributed by atoms with E-state index in [4.69, 9.17) is 18.6 Å². The number of carbonyl (C=O) groups is 1. The summed E-state index contributed by atoms with van der Waals surface area (Å²) in [6.45, 7) is 16.7. The molecule has 0 amide bonds. The van der Waals surface area contributed by atoms with Crippen molar-refractivity contribution in [2.24, 2.45) is 0 Å². The first-order chi connectivity index (χ1) is 17.5. The van der Waals surface area contributed by atoms with Gasteiger partial charge in [-0.2, -0.15) is 8.78 Å². The fraction of sp³-hybridized carbons (Fsp3) is 0.379. The number of aryl methyl sites for hydroxylation is 1. The van der Waals surface area contributed by atoms with E-state index in [1.54, 1.807) is 64.1 Å². The van der Waals surface area contributed by atoms with Gasteiger partial charge in [0.15, 0.2) is 0 Å². The maximum absolute atomic E-state index is 13.6. The van der Waals surface area contributed by atoms with Gasteiger partial charge in [-0.05, 0) is 87.0 Å². The Bertz CT molecular complexity index is 1350. The highest BCUT2D eigenvalue weighted by atomic mass is 31.0. The first kappa shape index (κ1) is 31.0. The van der Waals surface area contributed by atoms with E-state index in [2.05, 4.69) is 6.58 Å². The number of fused-ring (bicyclic) bond motifs is 1. The van der Waals surface area contributed by atoms with Gasteiger partial charge in [-0.1, -0.05) is 24.6 Å². The average Bonchev–Trinajstić information content (AvgIpc) is 2.77. The smallest absolute Gasteiger partial charge is 0.408 e. The van der Waals surface area contributed by atoms with Gasteiger partial charge in [-0.25, -0.2) is 4.79 Å². The normalized spacial score (nSPS) is 11.8. The maximum atomic E-state index is 13.6. The number of alkyl halides is 2. The van der Waals surface area contributed by atoms with Crippen molar-refractivity contribution in [1.82, 2.24) is 0 Å². The Kier molecular flexibility index (Phi) is 9.84. The van der Waals surface area contributed by atoms with Gasteiger partial charge in [-0.15, -0.1) is 6.58 Å². The van der Waals surface area contributed by atoms with Crippen molar-refractivity contribution < 1.29 is 32.2 Å². The zero-order valence-electron chi connectivity index (χ0n) is 22.8. The summed E-state index contributed by atoms with van der Waals surface area (Å²) in [4.78, 5) is 23.7. The molecule has 0 fully saturated rings. The monoisotopic (exact) mass is 548 g/mol. The SMILES string of the molecule is C=C(C)C.CCc1ccc(-c2cc3ccc(OC(C)(C)C(C)(C)OC=O)cc3oc2=O)c(OC(F)(F)P)c1.